The predicted molar refractivity (Wildman–Crippen MR) is 160 cm³/mol. The van der Waals surface area contributed by atoms with Crippen LogP contribution in [-0.4, -0.2) is 29.2 Å². The maximum Gasteiger partial charge on any atom is 0.420 e. The molecule has 1 aliphatic heterocycles. The first-order valence-electron chi connectivity index (χ1n) is 14.1. The van der Waals surface area contributed by atoms with Gasteiger partial charge in [-0.25, -0.2) is 0 Å². The lowest BCUT2D eigenvalue weighted by atomic mass is 9.85. The van der Waals surface area contributed by atoms with Gasteiger partial charge in [-0.05, 0) is 119 Å². The summed E-state index contributed by atoms with van der Waals surface area (Å²) in [5, 5.41) is 22.7. The number of benzene rings is 3. The molecule has 0 saturated carbocycles. The van der Waals surface area contributed by atoms with Gasteiger partial charge in [0.25, 0.3) is 5.91 Å². The van der Waals surface area contributed by atoms with Crippen molar-refractivity contribution >= 4 is 23.2 Å². The van der Waals surface area contributed by atoms with E-state index >= 15 is 0 Å². The second kappa shape index (κ2) is 12.4. The van der Waals surface area contributed by atoms with E-state index in [-0.39, 0.29) is 29.6 Å². The highest BCUT2D eigenvalue weighted by molar-refractivity contribution is 6.04. The van der Waals surface area contributed by atoms with Crippen LogP contribution in [0.25, 0.3) is 0 Å². The van der Waals surface area contributed by atoms with Gasteiger partial charge in [-0.3, -0.25) is 10.2 Å². The Bertz CT molecular complexity index is 1520. The largest absolute Gasteiger partial charge is 0.507 e. The number of phenols is 1. The molecule has 6 N–H and O–H groups in total. The van der Waals surface area contributed by atoms with E-state index in [1.54, 1.807) is 0 Å². The van der Waals surface area contributed by atoms with Crippen molar-refractivity contribution in [1.82, 2.24) is 0 Å². The predicted octanol–water partition coefficient (Wildman–Crippen LogP) is 7.23. The molecule has 0 saturated heterocycles. The fraction of sp³-hybridized carbons (Fsp3) is 0.375. The molecule has 0 aromatic heterocycles. The van der Waals surface area contributed by atoms with Crippen molar-refractivity contribution in [1.29, 1.82) is 5.41 Å². The third-order valence-corrected chi connectivity index (χ3v) is 7.92. The molecule has 0 bridgehead atoms. The number of ether oxygens (including phenoxy) is 2. The first-order valence-corrected chi connectivity index (χ1v) is 14.1. The van der Waals surface area contributed by atoms with Gasteiger partial charge in [-0.15, -0.1) is 0 Å². The zero-order valence-corrected chi connectivity index (χ0v) is 24.7. The van der Waals surface area contributed by atoms with Gasteiger partial charge in [-0.2, -0.15) is 13.2 Å². The Morgan fingerprint density at radius 2 is 1.72 bits per heavy atom. The van der Waals surface area contributed by atoms with Gasteiger partial charge < -0.3 is 30.9 Å². The first-order chi connectivity index (χ1) is 20.2. The molecule has 43 heavy (non-hydrogen) atoms. The molecule has 11 heteroatoms. The molecule has 1 atom stereocenters. The smallest absolute Gasteiger partial charge is 0.420 e. The van der Waals surface area contributed by atoms with Crippen molar-refractivity contribution in [2.45, 2.75) is 71.6 Å². The topological polar surface area (TPSA) is 130 Å². The number of carbonyl (C=O) groups is 1. The number of hydrogen-bond acceptors (Lipinski definition) is 5. The number of anilines is 2. The van der Waals surface area contributed by atoms with Gasteiger partial charge in [-0.1, -0.05) is 0 Å². The quantitative estimate of drug-likeness (QED) is 0.100. The minimum atomic E-state index is -4.69. The van der Waals surface area contributed by atoms with Crippen molar-refractivity contribution in [3.63, 3.8) is 0 Å². The molecule has 4 rings (SSSR count). The normalized spacial score (nSPS) is 16.2. The van der Waals surface area contributed by atoms with E-state index in [0.717, 1.165) is 46.9 Å². The number of fused-ring (bicyclic) bond motifs is 1. The molecular formula is C32H37F3N4O4. The summed E-state index contributed by atoms with van der Waals surface area (Å²) in [5.41, 5.74) is 8.18. The van der Waals surface area contributed by atoms with E-state index < -0.39 is 23.2 Å². The van der Waals surface area contributed by atoms with E-state index in [1.165, 1.54) is 36.4 Å². The Labute approximate surface area is 248 Å². The maximum absolute atomic E-state index is 13.9. The van der Waals surface area contributed by atoms with E-state index in [1.807, 2.05) is 27.7 Å². The van der Waals surface area contributed by atoms with Gasteiger partial charge in [0.05, 0.1) is 12.2 Å². The highest BCUT2D eigenvalue weighted by Crippen LogP contribution is 2.44. The van der Waals surface area contributed by atoms with Crippen LogP contribution in [0.15, 0.2) is 42.5 Å². The highest BCUT2D eigenvalue weighted by Gasteiger charge is 2.36. The third kappa shape index (κ3) is 7.33. The number of aromatic hydroxyl groups is 1. The van der Waals surface area contributed by atoms with E-state index in [4.69, 9.17) is 20.6 Å². The number of rotatable bonds is 9. The van der Waals surface area contributed by atoms with Crippen LogP contribution < -0.4 is 25.8 Å². The molecule has 0 radical (unpaired) electrons. The summed E-state index contributed by atoms with van der Waals surface area (Å²) in [6.45, 7) is 7.84. The summed E-state index contributed by atoms with van der Waals surface area (Å²) in [4.78, 5) is 12.6. The zero-order valence-electron chi connectivity index (χ0n) is 24.7. The number of nitrogens with one attached hydrogen (secondary N) is 3. The highest BCUT2D eigenvalue weighted by atomic mass is 19.4. The van der Waals surface area contributed by atoms with Crippen LogP contribution in [0.2, 0.25) is 0 Å². The molecule has 1 unspecified atom stereocenters. The fourth-order valence-corrected chi connectivity index (χ4v) is 5.27. The van der Waals surface area contributed by atoms with Crippen LogP contribution in [0, 0.1) is 26.2 Å². The summed E-state index contributed by atoms with van der Waals surface area (Å²) >= 11 is 0. The SMILES string of the molecule is Cc1c(C)c2c(c(C)c1O)CCC(C)(CCCCOc1ccc(NC(=O)c3ccc(NC(=N)N)cc3)cc1C(F)(F)F)O2. The number of phenolic OH excluding ortho intramolecular Hbond substituents is 1. The number of hydrogen-bond donors (Lipinski definition) is 5. The van der Waals surface area contributed by atoms with Crippen molar-refractivity contribution < 1.29 is 32.5 Å². The maximum atomic E-state index is 13.9. The number of amides is 1. The lowest BCUT2D eigenvalue weighted by Crippen LogP contribution is -2.37. The fourth-order valence-electron chi connectivity index (χ4n) is 5.27. The van der Waals surface area contributed by atoms with E-state index in [0.29, 0.717) is 30.7 Å². The molecule has 0 spiro atoms. The average Bonchev–Trinajstić information content (AvgIpc) is 2.94. The Balaban J connectivity index is 1.34. The lowest BCUT2D eigenvalue weighted by molar-refractivity contribution is -0.138. The van der Waals surface area contributed by atoms with E-state index in [2.05, 4.69) is 10.6 Å². The van der Waals surface area contributed by atoms with Gasteiger partial charge in [0, 0.05) is 22.5 Å². The molecule has 1 heterocycles. The first kappa shape index (κ1) is 31.5. The second-order valence-electron chi connectivity index (χ2n) is 11.2. The molecule has 230 valence electrons. The van der Waals surface area contributed by atoms with Crippen molar-refractivity contribution in [2.24, 2.45) is 5.73 Å². The number of carbonyl (C=O) groups excluding carboxylic acids is 1. The third-order valence-electron chi connectivity index (χ3n) is 7.92. The standard InChI is InChI=1S/C32H37F3N4O4/c1-18-19(2)28-24(20(3)27(18)40)13-15-31(4,43-28)14-5-6-16-42-26-12-11-23(17-25(26)32(33,34)35)38-29(41)21-7-9-22(10-8-21)39-30(36)37/h7-12,17,40H,5-6,13-16H2,1-4H3,(H,38,41)(H4,36,37,39). The van der Waals surface area contributed by atoms with Crippen LogP contribution in [0.1, 0.15) is 70.8 Å². The van der Waals surface area contributed by atoms with Gasteiger partial charge in [0.1, 0.15) is 22.8 Å². The zero-order chi connectivity index (χ0) is 31.5. The molecule has 0 fully saturated rings. The van der Waals surface area contributed by atoms with Gasteiger partial charge in [0.2, 0.25) is 0 Å². The summed E-state index contributed by atoms with van der Waals surface area (Å²) in [7, 11) is 0. The summed E-state index contributed by atoms with van der Waals surface area (Å²) < 4.78 is 53.6. The number of halogens is 3. The number of unbranched alkanes of at least 4 members (excludes halogenated alkanes) is 1. The van der Waals surface area contributed by atoms with E-state index in [9.17, 15) is 23.1 Å². The van der Waals surface area contributed by atoms with Crippen molar-refractivity contribution in [3.8, 4) is 17.2 Å². The summed E-state index contributed by atoms with van der Waals surface area (Å²) in [6, 6.07) is 9.43. The monoisotopic (exact) mass is 598 g/mol. The molecular weight excluding hydrogens is 561 g/mol. The second-order valence-corrected chi connectivity index (χ2v) is 11.2. The minimum absolute atomic E-state index is 0.0210. The summed E-state index contributed by atoms with van der Waals surface area (Å²) in [5.74, 6) is -0.0266. The van der Waals surface area contributed by atoms with Gasteiger partial charge >= 0.3 is 6.18 Å². The Kier molecular flexibility index (Phi) is 9.12. The molecule has 1 aliphatic rings. The summed E-state index contributed by atoms with van der Waals surface area (Å²) in [6.07, 6.45) is -1.20. The Hall–Kier alpha value is -4.41. The number of guanidine groups is 1. The lowest BCUT2D eigenvalue weighted by Gasteiger charge is -2.38. The Morgan fingerprint density at radius 3 is 2.37 bits per heavy atom. The van der Waals surface area contributed by atoms with Crippen LogP contribution >= 0.6 is 0 Å². The molecule has 8 nitrogen and oxygen atoms in total. The van der Waals surface area contributed by atoms with Crippen LogP contribution in [0.5, 0.6) is 17.2 Å². The Morgan fingerprint density at radius 1 is 1.05 bits per heavy atom. The number of alkyl halides is 3. The van der Waals surface area contributed by atoms with Crippen LogP contribution in [-0.2, 0) is 12.6 Å². The van der Waals surface area contributed by atoms with Crippen LogP contribution in [0.4, 0.5) is 24.5 Å². The molecule has 3 aromatic carbocycles. The molecule has 0 aliphatic carbocycles. The average molecular weight is 599 g/mol. The van der Waals surface area contributed by atoms with Crippen molar-refractivity contribution in [2.75, 3.05) is 17.2 Å². The van der Waals surface area contributed by atoms with Crippen LogP contribution in [0.3, 0.4) is 0 Å². The van der Waals surface area contributed by atoms with Crippen molar-refractivity contribution in [3.05, 3.63) is 75.8 Å². The minimum Gasteiger partial charge on any atom is -0.507 e. The molecule has 3 aromatic rings. The van der Waals surface area contributed by atoms with Gasteiger partial charge in [0.15, 0.2) is 5.96 Å². The number of nitrogens with two attached hydrogens (primary N) is 1. The molecule has 1 amide bonds.